The predicted molar refractivity (Wildman–Crippen MR) is 106 cm³/mol. The number of pyridine rings is 1. The van der Waals surface area contributed by atoms with Gasteiger partial charge in [0.1, 0.15) is 0 Å². The molecule has 2 aromatic carbocycles. The fourth-order valence-corrected chi connectivity index (χ4v) is 2.92. The third-order valence-electron chi connectivity index (χ3n) is 4.49. The number of nitrogens with zero attached hydrogens (tertiary/aromatic N) is 2. The van der Waals surface area contributed by atoms with E-state index in [0.29, 0.717) is 11.3 Å². The summed E-state index contributed by atoms with van der Waals surface area (Å²) in [5.41, 5.74) is 3.59. The van der Waals surface area contributed by atoms with Crippen molar-refractivity contribution in [2.45, 2.75) is 26.9 Å². The first-order valence-corrected chi connectivity index (χ1v) is 8.78. The first kappa shape index (κ1) is 18.6. The molecule has 0 aliphatic rings. The van der Waals surface area contributed by atoms with Crippen molar-refractivity contribution < 1.29 is 14.3 Å². The molecule has 1 heterocycles. The van der Waals surface area contributed by atoms with Crippen molar-refractivity contribution in [1.29, 1.82) is 0 Å². The number of esters is 1. The van der Waals surface area contributed by atoms with Crippen molar-refractivity contribution in [2.24, 2.45) is 0 Å². The van der Waals surface area contributed by atoms with Crippen molar-refractivity contribution in [3.8, 4) is 0 Å². The maximum atomic E-state index is 12.6. The molecule has 0 saturated carbocycles. The van der Waals surface area contributed by atoms with Crippen LogP contribution in [0.3, 0.4) is 0 Å². The molecular weight excluding hydrogens is 340 g/mol. The smallest absolute Gasteiger partial charge is 0.340 e. The molecule has 138 valence electrons. The van der Waals surface area contributed by atoms with E-state index in [1.54, 1.807) is 27.0 Å². The number of ether oxygens (including phenoxy) is 1. The second-order valence-corrected chi connectivity index (χ2v) is 6.60. The number of benzene rings is 2. The molecule has 0 aliphatic heterocycles. The Morgan fingerprint density at radius 2 is 1.74 bits per heavy atom. The lowest BCUT2D eigenvalue weighted by Gasteiger charge is -2.21. The number of carbonyl (C=O) groups is 2. The maximum absolute atomic E-state index is 12.6. The Hall–Kier alpha value is -3.21. The standard InChI is InChI=1S/C22H22N2O3/c1-14-10-11-20-17(12-14)13-19(15(2)23-20)22(26)27-16(3)21(25)24(4)18-8-6-5-7-9-18/h5-13,16H,1-4H3. The second kappa shape index (κ2) is 7.58. The molecule has 1 aromatic heterocycles. The van der Waals surface area contributed by atoms with E-state index in [4.69, 9.17) is 4.74 Å². The van der Waals surface area contributed by atoms with Crippen molar-refractivity contribution in [2.75, 3.05) is 11.9 Å². The zero-order valence-electron chi connectivity index (χ0n) is 15.9. The Balaban J connectivity index is 1.79. The van der Waals surface area contributed by atoms with Crippen LogP contribution in [0.2, 0.25) is 0 Å². The molecule has 0 radical (unpaired) electrons. The third-order valence-corrected chi connectivity index (χ3v) is 4.49. The van der Waals surface area contributed by atoms with Crippen molar-refractivity contribution >= 4 is 28.5 Å². The van der Waals surface area contributed by atoms with E-state index in [9.17, 15) is 9.59 Å². The number of para-hydroxylation sites is 1. The van der Waals surface area contributed by atoms with Gasteiger partial charge in [-0.3, -0.25) is 9.78 Å². The van der Waals surface area contributed by atoms with Gasteiger partial charge >= 0.3 is 5.97 Å². The number of likely N-dealkylation sites (N-methyl/N-ethyl adjacent to an activating group) is 1. The average molecular weight is 362 g/mol. The van der Waals surface area contributed by atoms with Gasteiger partial charge in [0.25, 0.3) is 5.91 Å². The number of carbonyl (C=O) groups excluding carboxylic acids is 2. The molecule has 27 heavy (non-hydrogen) atoms. The molecule has 1 amide bonds. The van der Waals surface area contributed by atoms with Crippen LogP contribution < -0.4 is 4.90 Å². The molecule has 0 aliphatic carbocycles. The molecule has 5 nitrogen and oxygen atoms in total. The van der Waals surface area contributed by atoms with Crippen molar-refractivity contribution in [3.63, 3.8) is 0 Å². The van der Waals surface area contributed by atoms with Gasteiger partial charge in [0.2, 0.25) is 0 Å². The van der Waals surface area contributed by atoms with Crippen molar-refractivity contribution in [3.05, 3.63) is 71.4 Å². The van der Waals surface area contributed by atoms with Crippen LogP contribution in [-0.2, 0) is 9.53 Å². The van der Waals surface area contributed by atoms with E-state index in [1.165, 1.54) is 4.90 Å². The summed E-state index contributed by atoms with van der Waals surface area (Å²) in [7, 11) is 1.66. The summed E-state index contributed by atoms with van der Waals surface area (Å²) in [6.45, 7) is 5.32. The van der Waals surface area contributed by atoms with Gasteiger partial charge in [-0.2, -0.15) is 0 Å². The quantitative estimate of drug-likeness (QED) is 0.657. The van der Waals surface area contributed by atoms with E-state index in [1.807, 2.05) is 55.5 Å². The van der Waals surface area contributed by atoms with Crippen LogP contribution in [0.5, 0.6) is 0 Å². The molecule has 1 unspecified atom stereocenters. The summed E-state index contributed by atoms with van der Waals surface area (Å²) in [5.74, 6) is -0.845. The monoisotopic (exact) mass is 362 g/mol. The van der Waals surface area contributed by atoms with Crippen LogP contribution in [-0.4, -0.2) is 30.0 Å². The van der Waals surface area contributed by atoms with Gasteiger partial charge in [-0.1, -0.05) is 29.8 Å². The number of hydrogen-bond acceptors (Lipinski definition) is 4. The highest BCUT2D eigenvalue weighted by Crippen LogP contribution is 2.20. The normalized spacial score (nSPS) is 11.9. The number of anilines is 1. The maximum Gasteiger partial charge on any atom is 0.340 e. The molecule has 0 fully saturated rings. The van der Waals surface area contributed by atoms with Crippen LogP contribution in [0, 0.1) is 13.8 Å². The van der Waals surface area contributed by atoms with Crippen LogP contribution in [0.4, 0.5) is 5.69 Å². The number of hydrogen-bond donors (Lipinski definition) is 0. The first-order chi connectivity index (χ1) is 12.9. The minimum absolute atomic E-state index is 0.295. The largest absolute Gasteiger partial charge is 0.449 e. The van der Waals surface area contributed by atoms with E-state index in [2.05, 4.69) is 4.98 Å². The topological polar surface area (TPSA) is 59.5 Å². The Bertz CT molecular complexity index is 999. The van der Waals surface area contributed by atoms with Crippen LogP contribution in [0.1, 0.15) is 28.5 Å². The Morgan fingerprint density at radius 3 is 2.44 bits per heavy atom. The number of aromatic nitrogens is 1. The minimum Gasteiger partial charge on any atom is -0.449 e. The average Bonchev–Trinajstić information content (AvgIpc) is 2.67. The van der Waals surface area contributed by atoms with E-state index < -0.39 is 12.1 Å². The van der Waals surface area contributed by atoms with Gasteiger partial charge in [-0.25, -0.2) is 4.79 Å². The van der Waals surface area contributed by atoms with Gasteiger partial charge in [0.15, 0.2) is 6.10 Å². The Kier molecular flexibility index (Phi) is 5.21. The van der Waals surface area contributed by atoms with Gasteiger partial charge in [-0.15, -0.1) is 0 Å². The van der Waals surface area contributed by atoms with E-state index >= 15 is 0 Å². The molecule has 5 heteroatoms. The number of aryl methyl sites for hydroxylation is 2. The van der Waals surface area contributed by atoms with Crippen LogP contribution >= 0.6 is 0 Å². The number of rotatable bonds is 4. The highest BCUT2D eigenvalue weighted by atomic mass is 16.5. The Morgan fingerprint density at radius 1 is 1.04 bits per heavy atom. The summed E-state index contributed by atoms with van der Waals surface area (Å²) < 4.78 is 5.43. The number of fused-ring (bicyclic) bond motifs is 1. The van der Waals surface area contributed by atoms with Crippen LogP contribution in [0.25, 0.3) is 10.9 Å². The lowest BCUT2D eigenvalue weighted by atomic mass is 10.1. The molecule has 1 atom stereocenters. The summed E-state index contributed by atoms with van der Waals surface area (Å²) in [5, 5.41) is 0.868. The fourth-order valence-electron chi connectivity index (χ4n) is 2.92. The summed E-state index contributed by atoms with van der Waals surface area (Å²) in [6, 6.07) is 16.9. The molecule has 0 bridgehead atoms. The predicted octanol–water partition coefficient (Wildman–Crippen LogP) is 4.06. The SMILES string of the molecule is Cc1ccc2nc(C)c(C(=O)OC(C)C(=O)N(C)c3ccccc3)cc2c1. The van der Waals surface area contributed by atoms with Gasteiger partial charge in [0.05, 0.1) is 16.8 Å². The molecular formula is C22H22N2O3. The molecule has 3 aromatic rings. The molecule has 0 N–H and O–H groups in total. The van der Waals surface area contributed by atoms with Crippen molar-refractivity contribution in [1.82, 2.24) is 4.98 Å². The van der Waals surface area contributed by atoms with E-state index in [0.717, 1.165) is 22.2 Å². The zero-order valence-corrected chi connectivity index (χ0v) is 15.9. The van der Waals surface area contributed by atoms with Gasteiger partial charge in [-0.05, 0) is 51.1 Å². The minimum atomic E-state index is -0.907. The first-order valence-electron chi connectivity index (χ1n) is 8.78. The lowest BCUT2D eigenvalue weighted by molar-refractivity contribution is -0.126. The highest BCUT2D eigenvalue weighted by Gasteiger charge is 2.24. The van der Waals surface area contributed by atoms with E-state index in [-0.39, 0.29) is 5.91 Å². The van der Waals surface area contributed by atoms with Gasteiger partial charge in [0, 0.05) is 18.1 Å². The van der Waals surface area contributed by atoms with Crippen LogP contribution in [0.15, 0.2) is 54.6 Å². The summed E-state index contributed by atoms with van der Waals surface area (Å²) in [4.78, 5) is 31.2. The highest BCUT2D eigenvalue weighted by molar-refractivity contribution is 6.00. The number of amides is 1. The lowest BCUT2D eigenvalue weighted by Crippen LogP contribution is -2.37. The summed E-state index contributed by atoms with van der Waals surface area (Å²) in [6.07, 6.45) is -0.907. The van der Waals surface area contributed by atoms with Gasteiger partial charge < -0.3 is 9.64 Å². The molecule has 3 rings (SSSR count). The fraction of sp³-hybridized carbons (Fsp3) is 0.227. The molecule has 0 saturated heterocycles. The molecule has 0 spiro atoms. The zero-order chi connectivity index (χ0) is 19.6. The second-order valence-electron chi connectivity index (χ2n) is 6.60. The summed E-state index contributed by atoms with van der Waals surface area (Å²) >= 11 is 0. The Labute approximate surface area is 158 Å². The third kappa shape index (κ3) is 3.97.